The minimum atomic E-state index is -0.352. The normalized spacial score (nSPS) is 20.1. The standard InChI is InChI=1S/C12H15BrN2O2S/c1-2-3-9-12(17)15(7-11(16)14-9)6-10-8(13)4-5-18-10/h4-5,9H,2-3,6-7H2,1H3,(H,14,16). The number of carbonyl (C=O) groups excluding carboxylic acids is 2. The molecule has 4 nitrogen and oxygen atoms in total. The van der Waals surface area contributed by atoms with Gasteiger partial charge >= 0.3 is 0 Å². The lowest BCUT2D eigenvalue weighted by Gasteiger charge is -2.32. The Labute approximate surface area is 118 Å². The van der Waals surface area contributed by atoms with E-state index in [-0.39, 0.29) is 24.4 Å². The molecule has 0 aliphatic carbocycles. The summed E-state index contributed by atoms with van der Waals surface area (Å²) in [6.45, 7) is 2.67. The molecule has 0 bridgehead atoms. The van der Waals surface area contributed by atoms with E-state index in [1.165, 1.54) is 0 Å². The molecule has 1 aliphatic heterocycles. The Kier molecular flexibility index (Phi) is 4.40. The summed E-state index contributed by atoms with van der Waals surface area (Å²) in [5, 5.41) is 4.72. The van der Waals surface area contributed by atoms with Crippen LogP contribution in [0.15, 0.2) is 15.9 Å². The van der Waals surface area contributed by atoms with E-state index in [0.29, 0.717) is 13.0 Å². The van der Waals surface area contributed by atoms with Crippen molar-refractivity contribution in [2.24, 2.45) is 0 Å². The van der Waals surface area contributed by atoms with E-state index in [1.807, 2.05) is 18.4 Å². The van der Waals surface area contributed by atoms with Crippen molar-refractivity contribution in [3.63, 3.8) is 0 Å². The lowest BCUT2D eigenvalue weighted by molar-refractivity contribution is -0.145. The summed E-state index contributed by atoms with van der Waals surface area (Å²) in [5.41, 5.74) is 0. The molecule has 6 heteroatoms. The highest BCUT2D eigenvalue weighted by molar-refractivity contribution is 9.10. The predicted octanol–water partition coefficient (Wildman–Crippen LogP) is 2.14. The third-order valence-corrected chi connectivity index (χ3v) is 4.79. The van der Waals surface area contributed by atoms with Gasteiger partial charge in [-0.2, -0.15) is 0 Å². The molecule has 2 heterocycles. The summed E-state index contributed by atoms with van der Waals surface area (Å²) in [5.74, 6) is -0.0440. The van der Waals surface area contributed by atoms with Gasteiger partial charge in [0.15, 0.2) is 0 Å². The molecule has 1 atom stereocenters. The van der Waals surface area contributed by atoms with Crippen LogP contribution in [0.1, 0.15) is 24.6 Å². The minimum absolute atomic E-state index is 0.0248. The van der Waals surface area contributed by atoms with Crippen molar-refractivity contribution >= 4 is 39.1 Å². The second kappa shape index (κ2) is 5.84. The largest absolute Gasteiger partial charge is 0.343 e. The third-order valence-electron chi connectivity index (χ3n) is 2.88. The van der Waals surface area contributed by atoms with Gasteiger partial charge < -0.3 is 10.2 Å². The molecule has 2 rings (SSSR count). The van der Waals surface area contributed by atoms with Gasteiger partial charge in [-0.3, -0.25) is 9.59 Å². The first-order valence-electron chi connectivity index (χ1n) is 5.91. The van der Waals surface area contributed by atoms with Crippen LogP contribution in [0.4, 0.5) is 0 Å². The van der Waals surface area contributed by atoms with E-state index < -0.39 is 0 Å². The zero-order valence-electron chi connectivity index (χ0n) is 10.1. The number of piperazine rings is 1. The maximum absolute atomic E-state index is 12.2. The van der Waals surface area contributed by atoms with Gasteiger partial charge in [0.05, 0.1) is 13.1 Å². The Morgan fingerprint density at radius 3 is 2.94 bits per heavy atom. The van der Waals surface area contributed by atoms with Crippen LogP contribution in [0.3, 0.4) is 0 Å². The predicted molar refractivity (Wildman–Crippen MR) is 74.3 cm³/mol. The van der Waals surface area contributed by atoms with Gasteiger partial charge in [0.25, 0.3) is 0 Å². The maximum Gasteiger partial charge on any atom is 0.245 e. The van der Waals surface area contributed by atoms with Crippen molar-refractivity contribution in [2.45, 2.75) is 32.4 Å². The average Bonchev–Trinajstić information content (AvgIpc) is 2.71. The summed E-state index contributed by atoms with van der Waals surface area (Å²) >= 11 is 5.03. The van der Waals surface area contributed by atoms with Crippen molar-refractivity contribution in [3.8, 4) is 0 Å². The summed E-state index contributed by atoms with van der Waals surface area (Å²) < 4.78 is 0.998. The van der Waals surface area contributed by atoms with Crippen LogP contribution >= 0.6 is 27.3 Å². The highest BCUT2D eigenvalue weighted by Gasteiger charge is 2.32. The minimum Gasteiger partial charge on any atom is -0.343 e. The number of hydrogen-bond acceptors (Lipinski definition) is 3. The molecule has 0 spiro atoms. The lowest BCUT2D eigenvalue weighted by atomic mass is 10.1. The van der Waals surface area contributed by atoms with Crippen molar-refractivity contribution in [1.29, 1.82) is 0 Å². The van der Waals surface area contributed by atoms with Crippen LogP contribution in [-0.2, 0) is 16.1 Å². The molecule has 0 saturated carbocycles. The van der Waals surface area contributed by atoms with Gasteiger partial charge in [-0.1, -0.05) is 13.3 Å². The topological polar surface area (TPSA) is 49.4 Å². The molecule has 1 N–H and O–H groups in total. The molecule has 1 aliphatic rings. The Morgan fingerprint density at radius 2 is 2.33 bits per heavy atom. The quantitative estimate of drug-likeness (QED) is 0.919. The zero-order chi connectivity index (χ0) is 13.1. The van der Waals surface area contributed by atoms with Crippen LogP contribution in [0.25, 0.3) is 0 Å². The van der Waals surface area contributed by atoms with Gasteiger partial charge in [-0.15, -0.1) is 11.3 Å². The van der Waals surface area contributed by atoms with Crippen LogP contribution in [0.5, 0.6) is 0 Å². The number of rotatable bonds is 4. The zero-order valence-corrected chi connectivity index (χ0v) is 12.5. The van der Waals surface area contributed by atoms with Crippen LogP contribution in [-0.4, -0.2) is 29.3 Å². The number of hydrogen-bond donors (Lipinski definition) is 1. The smallest absolute Gasteiger partial charge is 0.245 e. The number of nitrogens with zero attached hydrogens (tertiary/aromatic N) is 1. The van der Waals surface area contributed by atoms with E-state index >= 15 is 0 Å². The van der Waals surface area contributed by atoms with Gasteiger partial charge in [-0.25, -0.2) is 0 Å². The molecule has 1 aromatic rings. The van der Waals surface area contributed by atoms with Gasteiger partial charge in [0.2, 0.25) is 11.8 Å². The van der Waals surface area contributed by atoms with Crippen LogP contribution in [0.2, 0.25) is 0 Å². The number of halogens is 1. The van der Waals surface area contributed by atoms with Crippen molar-refractivity contribution in [2.75, 3.05) is 6.54 Å². The van der Waals surface area contributed by atoms with E-state index in [9.17, 15) is 9.59 Å². The Bertz CT molecular complexity index is 461. The molecule has 0 aromatic carbocycles. The highest BCUT2D eigenvalue weighted by Crippen LogP contribution is 2.25. The first kappa shape index (κ1) is 13.5. The molecule has 1 saturated heterocycles. The van der Waals surface area contributed by atoms with Crippen molar-refractivity contribution in [3.05, 3.63) is 20.8 Å². The van der Waals surface area contributed by atoms with Crippen LogP contribution < -0.4 is 5.32 Å². The second-order valence-electron chi connectivity index (χ2n) is 4.29. The molecule has 98 valence electrons. The van der Waals surface area contributed by atoms with E-state index in [1.54, 1.807) is 16.2 Å². The molecular weight excluding hydrogens is 316 g/mol. The van der Waals surface area contributed by atoms with Gasteiger partial charge in [0, 0.05) is 9.35 Å². The fourth-order valence-corrected chi connectivity index (χ4v) is 3.50. The fourth-order valence-electron chi connectivity index (χ4n) is 2.00. The first-order chi connectivity index (χ1) is 8.61. The SMILES string of the molecule is CCCC1NC(=O)CN(Cc2sccc2Br)C1=O. The highest BCUT2D eigenvalue weighted by atomic mass is 79.9. The fraction of sp³-hybridized carbons (Fsp3) is 0.500. The number of thiophene rings is 1. The molecule has 2 amide bonds. The molecule has 1 fully saturated rings. The molecule has 18 heavy (non-hydrogen) atoms. The summed E-state index contributed by atoms with van der Waals surface area (Å²) in [6.07, 6.45) is 1.58. The Balaban J connectivity index is 2.09. The summed E-state index contributed by atoms with van der Waals surface area (Å²) in [4.78, 5) is 26.5. The second-order valence-corrected chi connectivity index (χ2v) is 6.15. The van der Waals surface area contributed by atoms with E-state index in [4.69, 9.17) is 0 Å². The van der Waals surface area contributed by atoms with E-state index in [2.05, 4.69) is 21.2 Å². The van der Waals surface area contributed by atoms with Crippen molar-refractivity contribution < 1.29 is 9.59 Å². The van der Waals surface area contributed by atoms with Crippen molar-refractivity contribution in [1.82, 2.24) is 10.2 Å². The monoisotopic (exact) mass is 330 g/mol. The average molecular weight is 331 g/mol. The molecule has 1 unspecified atom stereocenters. The van der Waals surface area contributed by atoms with E-state index in [0.717, 1.165) is 15.8 Å². The maximum atomic E-state index is 12.2. The Hall–Kier alpha value is -0.880. The molecule has 0 radical (unpaired) electrons. The number of carbonyl (C=O) groups is 2. The number of nitrogens with one attached hydrogen (secondary N) is 1. The van der Waals surface area contributed by atoms with Gasteiger partial charge in [-0.05, 0) is 33.8 Å². The number of amides is 2. The Morgan fingerprint density at radius 1 is 1.56 bits per heavy atom. The van der Waals surface area contributed by atoms with Gasteiger partial charge in [0.1, 0.15) is 6.04 Å². The summed E-state index contributed by atoms with van der Waals surface area (Å²) in [7, 11) is 0. The lowest BCUT2D eigenvalue weighted by Crippen LogP contribution is -2.57. The third kappa shape index (κ3) is 2.92. The molecule has 1 aromatic heterocycles. The first-order valence-corrected chi connectivity index (χ1v) is 7.59. The summed E-state index contributed by atoms with van der Waals surface area (Å²) in [6, 6.07) is 1.60. The van der Waals surface area contributed by atoms with Crippen LogP contribution in [0, 0.1) is 0 Å². The molecular formula is C12H15BrN2O2S.